The van der Waals surface area contributed by atoms with E-state index in [4.69, 9.17) is 0 Å². The normalized spacial score (nSPS) is 13.1. The van der Waals surface area contributed by atoms with Crippen LogP contribution in [0.25, 0.3) is 5.57 Å². The molecule has 0 aliphatic heterocycles. The van der Waals surface area contributed by atoms with E-state index in [2.05, 4.69) is 16.5 Å². The molecule has 0 fully saturated rings. The summed E-state index contributed by atoms with van der Waals surface area (Å²) in [5, 5.41) is 0. The zero-order chi connectivity index (χ0) is 14.6. The molecule has 100 valence electrons. The van der Waals surface area contributed by atoms with Gasteiger partial charge in [-0.3, -0.25) is 14.4 Å². The summed E-state index contributed by atoms with van der Waals surface area (Å²) < 4.78 is 0. The highest BCUT2D eigenvalue weighted by atomic mass is 16.1. The molecule has 0 atom stereocenters. The van der Waals surface area contributed by atoms with Crippen molar-refractivity contribution in [3.63, 3.8) is 0 Å². The summed E-state index contributed by atoms with van der Waals surface area (Å²) in [5.41, 5.74) is 2.98. The maximum absolute atomic E-state index is 12.5. The molecule has 0 bridgehead atoms. The molecule has 0 aromatic carbocycles. The number of H-pyrrole nitrogens is 2. The summed E-state index contributed by atoms with van der Waals surface area (Å²) in [5.74, 6) is -0.385. The highest BCUT2D eigenvalue weighted by Gasteiger charge is 2.30. The lowest BCUT2D eigenvalue weighted by atomic mass is 9.83. The average Bonchev–Trinajstić information content (AvgIpc) is 2.34. The highest BCUT2D eigenvalue weighted by molar-refractivity contribution is 6.16. The molecule has 2 heterocycles. The first-order chi connectivity index (χ1) is 9.40. The van der Waals surface area contributed by atoms with Gasteiger partial charge in [0.25, 0.3) is 0 Å². The Morgan fingerprint density at radius 3 is 1.65 bits per heavy atom. The number of fused-ring (bicyclic) bond motifs is 2. The number of hydrogen-bond donors (Lipinski definition) is 2. The minimum atomic E-state index is -0.385. The Hall–Kier alpha value is -2.69. The lowest BCUT2D eigenvalue weighted by Crippen LogP contribution is -2.26. The Kier molecular flexibility index (Phi) is 2.41. The lowest BCUT2D eigenvalue weighted by Gasteiger charge is -2.22. The van der Waals surface area contributed by atoms with Gasteiger partial charge in [0, 0.05) is 23.3 Å². The van der Waals surface area contributed by atoms with E-state index in [0.29, 0.717) is 27.8 Å². The minimum absolute atomic E-state index is 0.189. The van der Waals surface area contributed by atoms with Crippen molar-refractivity contribution in [2.75, 3.05) is 0 Å². The van der Waals surface area contributed by atoms with Crippen LogP contribution in [0.1, 0.15) is 38.4 Å². The third-order valence-corrected chi connectivity index (χ3v) is 3.54. The van der Waals surface area contributed by atoms with Gasteiger partial charge in [0.1, 0.15) is 0 Å². The van der Waals surface area contributed by atoms with E-state index < -0.39 is 0 Å². The molecular formula is C15H12N2O3. The molecule has 2 N–H and O–H groups in total. The van der Waals surface area contributed by atoms with Crippen LogP contribution in [0.4, 0.5) is 0 Å². The van der Waals surface area contributed by atoms with Crippen LogP contribution in [-0.2, 0) is 0 Å². The van der Waals surface area contributed by atoms with Crippen molar-refractivity contribution in [1.82, 2.24) is 9.97 Å². The molecule has 0 saturated heterocycles. The summed E-state index contributed by atoms with van der Waals surface area (Å²) in [4.78, 5) is 40.7. The third kappa shape index (κ3) is 1.53. The predicted octanol–water partition coefficient (Wildman–Crippen LogP) is 1.29. The molecule has 0 amide bonds. The van der Waals surface area contributed by atoms with Gasteiger partial charge in [-0.25, -0.2) is 0 Å². The molecular weight excluding hydrogens is 256 g/mol. The molecule has 2 aromatic heterocycles. The molecule has 20 heavy (non-hydrogen) atoms. The van der Waals surface area contributed by atoms with Crippen LogP contribution >= 0.6 is 0 Å². The summed E-state index contributed by atoms with van der Waals surface area (Å²) in [6, 6.07) is 2.87. The smallest absolute Gasteiger partial charge is 0.248 e. The standard InChI is InChI=1S/C15H12N2O3/c1-6-4-9(18)16-13-11(6)8(3)12-7(2)5-10(19)17-14(12)15(13)20/h4-5H,3H2,1-2H3,(H,16,18)(H,17,19). The summed E-state index contributed by atoms with van der Waals surface area (Å²) in [7, 11) is 0. The fraction of sp³-hybridized carbons (Fsp3) is 0.133. The largest absolute Gasteiger partial charge is 0.319 e. The maximum Gasteiger partial charge on any atom is 0.248 e. The number of hydrogen-bond acceptors (Lipinski definition) is 3. The Morgan fingerprint density at radius 2 is 1.25 bits per heavy atom. The Balaban J connectivity index is 2.46. The van der Waals surface area contributed by atoms with E-state index in [9.17, 15) is 14.4 Å². The van der Waals surface area contributed by atoms with Crippen molar-refractivity contribution in [2.24, 2.45) is 0 Å². The van der Waals surface area contributed by atoms with Gasteiger partial charge >= 0.3 is 0 Å². The topological polar surface area (TPSA) is 82.8 Å². The highest BCUT2D eigenvalue weighted by Crippen LogP contribution is 2.35. The van der Waals surface area contributed by atoms with E-state index >= 15 is 0 Å². The number of carbonyl (C=O) groups excluding carboxylic acids is 1. The van der Waals surface area contributed by atoms with E-state index in [1.165, 1.54) is 12.1 Å². The van der Waals surface area contributed by atoms with Gasteiger partial charge in [-0.2, -0.15) is 0 Å². The van der Waals surface area contributed by atoms with Crippen LogP contribution in [-0.4, -0.2) is 15.8 Å². The number of aromatic nitrogens is 2. The lowest BCUT2D eigenvalue weighted by molar-refractivity contribution is 0.102. The van der Waals surface area contributed by atoms with Gasteiger partial charge in [0.2, 0.25) is 16.9 Å². The van der Waals surface area contributed by atoms with Gasteiger partial charge in [0.05, 0.1) is 11.4 Å². The van der Waals surface area contributed by atoms with Gasteiger partial charge in [0.15, 0.2) is 0 Å². The van der Waals surface area contributed by atoms with Gasteiger partial charge < -0.3 is 9.97 Å². The number of aromatic amines is 2. The van der Waals surface area contributed by atoms with Crippen molar-refractivity contribution >= 4 is 11.4 Å². The molecule has 0 saturated carbocycles. The van der Waals surface area contributed by atoms with Crippen LogP contribution < -0.4 is 11.1 Å². The van der Waals surface area contributed by atoms with Crippen LogP contribution in [0, 0.1) is 13.8 Å². The summed E-state index contributed by atoms with van der Waals surface area (Å²) in [6.07, 6.45) is 0. The SMILES string of the molecule is C=C1c2c(C)cc(=O)[nH]c2C(=O)c2[nH]c(=O)cc(C)c21. The Bertz CT molecular complexity index is 829. The van der Waals surface area contributed by atoms with E-state index in [-0.39, 0.29) is 28.3 Å². The number of nitrogens with one attached hydrogen (secondary N) is 2. The zero-order valence-electron chi connectivity index (χ0n) is 11.1. The quantitative estimate of drug-likeness (QED) is 0.644. The van der Waals surface area contributed by atoms with Crippen molar-refractivity contribution in [3.8, 4) is 0 Å². The van der Waals surface area contributed by atoms with Crippen molar-refractivity contribution in [3.05, 3.63) is 73.1 Å². The van der Waals surface area contributed by atoms with Crippen LogP contribution in [0.5, 0.6) is 0 Å². The number of carbonyl (C=O) groups is 1. The van der Waals surface area contributed by atoms with Crippen LogP contribution in [0.3, 0.4) is 0 Å². The van der Waals surface area contributed by atoms with Crippen molar-refractivity contribution in [2.45, 2.75) is 13.8 Å². The molecule has 0 spiro atoms. The van der Waals surface area contributed by atoms with Crippen molar-refractivity contribution < 1.29 is 4.79 Å². The van der Waals surface area contributed by atoms with Crippen LogP contribution in [0.2, 0.25) is 0 Å². The molecule has 0 radical (unpaired) electrons. The van der Waals surface area contributed by atoms with E-state index in [1.807, 2.05) is 0 Å². The molecule has 1 aliphatic carbocycles. The van der Waals surface area contributed by atoms with Gasteiger partial charge in [-0.1, -0.05) is 6.58 Å². The minimum Gasteiger partial charge on any atom is -0.319 e. The number of aryl methyl sites for hydroxylation is 2. The van der Waals surface area contributed by atoms with Gasteiger partial charge in [-0.05, 0) is 30.5 Å². The van der Waals surface area contributed by atoms with Crippen LogP contribution in [0.15, 0.2) is 28.3 Å². The fourth-order valence-electron chi connectivity index (χ4n) is 2.74. The molecule has 1 aliphatic rings. The summed E-state index contributed by atoms with van der Waals surface area (Å²) >= 11 is 0. The van der Waals surface area contributed by atoms with E-state index in [0.717, 1.165) is 0 Å². The molecule has 3 rings (SSSR count). The van der Waals surface area contributed by atoms with Gasteiger partial charge in [-0.15, -0.1) is 0 Å². The zero-order valence-corrected chi connectivity index (χ0v) is 11.1. The van der Waals surface area contributed by atoms with Crippen molar-refractivity contribution in [1.29, 1.82) is 0 Å². The second-order valence-electron chi connectivity index (χ2n) is 4.94. The molecule has 2 aromatic rings. The fourth-order valence-corrected chi connectivity index (χ4v) is 2.74. The second kappa shape index (κ2) is 3.90. The first-order valence-electron chi connectivity index (χ1n) is 6.12. The van der Waals surface area contributed by atoms with E-state index in [1.54, 1.807) is 13.8 Å². The Labute approximate surface area is 114 Å². The monoisotopic (exact) mass is 268 g/mol. The predicted molar refractivity (Wildman–Crippen MR) is 75.2 cm³/mol. The maximum atomic E-state index is 12.5. The molecule has 5 heteroatoms. The average molecular weight is 268 g/mol. The molecule has 5 nitrogen and oxygen atoms in total. The molecule has 0 unspecified atom stereocenters. The Morgan fingerprint density at radius 1 is 0.850 bits per heavy atom. The number of ketones is 1. The first-order valence-corrected chi connectivity index (χ1v) is 6.12. The number of pyridine rings is 2. The second-order valence-corrected chi connectivity index (χ2v) is 4.94. The third-order valence-electron chi connectivity index (χ3n) is 3.54. The first kappa shape index (κ1) is 12.3. The number of rotatable bonds is 0. The summed E-state index contributed by atoms with van der Waals surface area (Å²) in [6.45, 7) is 7.54.